The molecule has 1 aromatic heterocycles. The normalized spacial score (nSPS) is 30.0. The van der Waals surface area contributed by atoms with Crippen LogP contribution in [0.4, 0.5) is 5.82 Å². The van der Waals surface area contributed by atoms with Gasteiger partial charge in [-0.2, -0.15) is 4.31 Å². The van der Waals surface area contributed by atoms with Crippen LogP contribution in [-0.2, 0) is 14.8 Å². The zero-order valence-corrected chi connectivity index (χ0v) is 12.8. The zero-order chi connectivity index (χ0) is 14.9. The van der Waals surface area contributed by atoms with E-state index in [0.29, 0.717) is 19.7 Å². The van der Waals surface area contributed by atoms with Crippen molar-refractivity contribution in [3.05, 3.63) is 18.6 Å². The summed E-state index contributed by atoms with van der Waals surface area (Å²) in [5.74, 6) is 0.865. The fourth-order valence-electron chi connectivity index (χ4n) is 3.03. The molecule has 1 N–H and O–H groups in total. The fraction of sp³-hybridized carbons (Fsp3) is 0.692. The van der Waals surface area contributed by atoms with Crippen LogP contribution in [0.3, 0.4) is 0 Å². The van der Waals surface area contributed by atoms with Crippen molar-refractivity contribution < 1.29 is 13.2 Å². The lowest BCUT2D eigenvalue weighted by Gasteiger charge is -2.23. The Morgan fingerprint density at radius 2 is 2.38 bits per heavy atom. The number of hydrogen-bond acceptors (Lipinski definition) is 6. The van der Waals surface area contributed by atoms with Crippen LogP contribution in [0.1, 0.15) is 19.8 Å². The van der Waals surface area contributed by atoms with Gasteiger partial charge in [-0.05, 0) is 13.3 Å². The number of rotatable bonds is 4. The molecule has 2 atom stereocenters. The molecule has 116 valence electrons. The molecule has 0 radical (unpaired) electrons. The molecule has 7 nitrogen and oxygen atoms in total. The third kappa shape index (κ3) is 3.02. The minimum absolute atomic E-state index is 0.143. The van der Waals surface area contributed by atoms with Crippen LogP contribution in [0.2, 0.25) is 0 Å². The number of nitrogens with one attached hydrogen (secondary N) is 1. The lowest BCUT2D eigenvalue weighted by atomic mass is 9.97. The number of hydrogen-bond donors (Lipinski definition) is 1. The number of aromatic nitrogens is 2. The number of anilines is 1. The van der Waals surface area contributed by atoms with Gasteiger partial charge >= 0.3 is 0 Å². The van der Waals surface area contributed by atoms with Gasteiger partial charge in [-0.1, -0.05) is 0 Å². The van der Waals surface area contributed by atoms with E-state index in [4.69, 9.17) is 4.74 Å². The second-order valence-corrected chi connectivity index (χ2v) is 7.87. The smallest absolute Gasteiger partial charge is 0.213 e. The van der Waals surface area contributed by atoms with Crippen LogP contribution in [0.15, 0.2) is 18.6 Å². The average molecular weight is 312 g/mol. The summed E-state index contributed by atoms with van der Waals surface area (Å²) in [5.41, 5.74) is -0.345. The highest BCUT2D eigenvalue weighted by molar-refractivity contribution is 7.89. The van der Waals surface area contributed by atoms with Crippen molar-refractivity contribution in [2.45, 2.75) is 31.4 Å². The quantitative estimate of drug-likeness (QED) is 0.870. The van der Waals surface area contributed by atoms with Crippen LogP contribution in [0, 0.1) is 0 Å². The molecular formula is C13H20N4O3S. The van der Waals surface area contributed by atoms with E-state index in [1.165, 1.54) is 0 Å². The summed E-state index contributed by atoms with van der Waals surface area (Å²) in [7, 11) is -3.13. The van der Waals surface area contributed by atoms with Crippen molar-refractivity contribution in [2.75, 3.05) is 30.8 Å². The van der Waals surface area contributed by atoms with Crippen LogP contribution in [-0.4, -0.2) is 59.8 Å². The monoisotopic (exact) mass is 312 g/mol. The first-order chi connectivity index (χ1) is 10.0. The van der Waals surface area contributed by atoms with Crippen LogP contribution in [0.5, 0.6) is 0 Å². The fourth-order valence-corrected chi connectivity index (χ4v) is 4.20. The number of ether oxygens (including phenoxy) is 1. The third-order valence-electron chi connectivity index (χ3n) is 4.16. The second kappa shape index (κ2) is 5.51. The Labute approximate surface area is 124 Å². The lowest BCUT2D eigenvalue weighted by molar-refractivity contribution is 0.0173. The summed E-state index contributed by atoms with van der Waals surface area (Å²) in [5, 5.41) is 3.29. The Bertz CT molecular complexity index is 595. The third-order valence-corrected chi connectivity index (χ3v) is 5.99. The van der Waals surface area contributed by atoms with Crippen molar-refractivity contribution >= 4 is 15.8 Å². The predicted molar refractivity (Wildman–Crippen MR) is 78.4 cm³/mol. The topological polar surface area (TPSA) is 84.4 Å². The van der Waals surface area contributed by atoms with E-state index in [0.717, 1.165) is 18.7 Å². The Balaban J connectivity index is 1.62. The van der Waals surface area contributed by atoms with E-state index in [1.54, 1.807) is 29.8 Å². The van der Waals surface area contributed by atoms with E-state index in [9.17, 15) is 8.42 Å². The van der Waals surface area contributed by atoms with Gasteiger partial charge in [-0.3, -0.25) is 4.98 Å². The first kappa shape index (κ1) is 14.7. The molecule has 8 heteroatoms. The highest BCUT2D eigenvalue weighted by Gasteiger charge is 2.48. The van der Waals surface area contributed by atoms with Crippen molar-refractivity contribution in [2.24, 2.45) is 0 Å². The summed E-state index contributed by atoms with van der Waals surface area (Å²) in [4.78, 5) is 8.21. The first-order valence-electron chi connectivity index (χ1n) is 7.17. The Morgan fingerprint density at radius 1 is 1.52 bits per heavy atom. The van der Waals surface area contributed by atoms with Gasteiger partial charge in [-0.25, -0.2) is 13.4 Å². The molecular weight excluding hydrogens is 292 g/mol. The minimum Gasteiger partial charge on any atom is -0.371 e. The Hall–Kier alpha value is -1.25. The minimum atomic E-state index is -3.13. The van der Waals surface area contributed by atoms with Gasteiger partial charge in [0.05, 0.1) is 30.2 Å². The molecule has 1 spiro atoms. The molecule has 0 aliphatic carbocycles. The van der Waals surface area contributed by atoms with E-state index in [2.05, 4.69) is 15.3 Å². The molecule has 2 fully saturated rings. The second-order valence-electron chi connectivity index (χ2n) is 5.61. The van der Waals surface area contributed by atoms with Crippen molar-refractivity contribution in [3.63, 3.8) is 0 Å². The molecule has 21 heavy (non-hydrogen) atoms. The van der Waals surface area contributed by atoms with Gasteiger partial charge < -0.3 is 10.1 Å². The summed E-state index contributed by atoms with van der Waals surface area (Å²) in [6, 6.07) is 0.144. The van der Waals surface area contributed by atoms with Crippen molar-refractivity contribution in [1.82, 2.24) is 14.3 Å². The molecule has 0 bridgehead atoms. The van der Waals surface area contributed by atoms with Gasteiger partial charge in [0.15, 0.2) is 0 Å². The predicted octanol–water partition coefficient (Wildman–Crippen LogP) is 0.472. The number of sulfonamides is 1. The van der Waals surface area contributed by atoms with E-state index in [-0.39, 0.29) is 17.4 Å². The van der Waals surface area contributed by atoms with E-state index >= 15 is 0 Å². The molecule has 2 aliphatic rings. The average Bonchev–Trinajstić information content (AvgIpc) is 3.08. The number of nitrogens with zero attached hydrogens (tertiary/aromatic N) is 3. The zero-order valence-electron chi connectivity index (χ0n) is 12.0. The van der Waals surface area contributed by atoms with Gasteiger partial charge in [0.25, 0.3) is 0 Å². The Morgan fingerprint density at radius 3 is 3.10 bits per heavy atom. The largest absolute Gasteiger partial charge is 0.371 e. The van der Waals surface area contributed by atoms with Crippen LogP contribution >= 0.6 is 0 Å². The molecule has 0 aromatic carbocycles. The molecule has 0 unspecified atom stereocenters. The molecule has 2 aliphatic heterocycles. The van der Waals surface area contributed by atoms with Crippen molar-refractivity contribution in [3.8, 4) is 0 Å². The summed E-state index contributed by atoms with van der Waals surface area (Å²) < 4.78 is 31.4. The van der Waals surface area contributed by atoms with Crippen molar-refractivity contribution in [1.29, 1.82) is 0 Å². The summed E-state index contributed by atoms with van der Waals surface area (Å²) >= 11 is 0. The van der Waals surface area contributed by atoms with Gasteiger partial charge in [0.2, 0.25) is 10.0 Å². The van der Waals surface area contributed by atoms with Gasteiger partial charge in [0, 0.05) is 31.9 Å². The summed E-state index contributed by atoms with van der Waals surface area (Å²) in [6.45, 7) is 3.25. The first-order valence-corrected chi connectivity index (χ1v) is 8.78. The summed E-state index contributed by atoms with van der Waals surface area (Å²) in [6.07, 6.45) is 6.49. The van der Waals surface area contributed by atoms with Crippen LogP contribution < -0.4 is 5.32 Å². The maximum absolute atomic E-state index is 12.0. The standard InChI is InChI=1S/C13H20N4O3S/c1-2-21(18,19)17-6-3-13(10-17)7-11(9-20-13)16-12-8-14-4-5-15-12/h4-5,8,11H,2-3,6-7,9-10H2,1H3,(H,15,16)/t11-,13+/m1/s1. The highest BCUT2D eigenvalue weighted by Crippen LogP contribution is 2.37. The SMILES string of the molecule is CCS(=O)(=O)N1CC[C@]2(C[C@@H](Nc3cnccn3)CO2)C1. The van der Waals surface area contributed by atoms with Crippen LogP contribution in [0.25, 0.3) is 0 Å². The molecule has 0 amide bonds. The molecule has 3 heterocycles. The van der Waals surface area contributed by atoms with Gasteiger partial charge in [-0.15, -0.1) is 0 Å². The lowest BCUT2D eigenvalue weighted by Crippen LogP contribution is -2.37. The van der Waals surface area contributed by atoms with E-state index < -0.39 is 10.0 Å². The highest BCUT2D eigenvalue weighted by atomic mass is 32.2. The maximum Gasteiger partial charge on any atom is 0.213 e. The molecule has 2 saturated heterocycles. The van der Waals surface area contributed by atoms with Gasteiger partial charge in [0.1, 0.15) is 5.82 Å². The molecule has 3 rings (SSSR count). The maximum atomic E-state index is 12.0. The van der Waals surface area contributed by atoms with E-state index in [1.807, 2.05) is 0 Å². The Kier molecular flexibility index (Phi) is 3.85. The molecule has 1 aromatic rings. The molecule has 0 saturated carbocycles.